The van der Waals surface area contributed by atoms with Crippen molar-refractivity contribution in [2.45, 2.75) is 11.8 Å². The molecule has 1 fully saturated rings. The molecule has 0 N–H and O–H groups in total. The number of hydrogen-bond donors (Lipinski definition) is 0. The molecule has 4 aromatic rings. The first-order valence-electron chi connectivity index (χ1n) is 9.83. The second-order valence-electron chi connectivity index (χ2n) is 7.09. The lowest BCUT2D eigenvalue weighted by molar-refractivity contribution is -0.0471. The molecule has 0 bridgehead atoms. The van der Waals surface area contributed by atoms with Crippen molar-refractivity contribution in [2.24, 2.45) is 0 Å². The van der Waals surface area contributed by atoms with E-state index in [2.05, 4.69) is 82.3 Å². The third-order valence-electron chi connectivity index (χ3n) is 5.43. The third-order valence-corrected chi connectivity index (χ3v) is 5.43. The van der Waals surface area contributed by atoms with Gasteiger partial charge in [-0.1, -0.05) is 91.0 Å². The summed E-state index contributed by atoms with van der Waals surface area (Å²) in [5.41, 5.74) is 3.71. The molecule has 0 saturated carbocycles. The minimum Gasteiger partial charge on any atom is -0.345 e. The molecular formula is C25H22N2O2. The summed E-state index contributed by atoms with van der Waals surface area (Å²) in [6.45, 7) is 1.19. The van der Waals surface area contributed by atoms with Gasteiger partial charge in [0.05, 0.1) is 19.5 Å². The van der Waals surface area contributed by atoms with Crippen LogP contribution in [0.4, 0.5) is 0 Å². The van der Waals surface area contributed by atoms with E-state index in [1.165, 1.54) is 0 Å². The molecule has 4 heteroatoms. The summed E-state index contributed by atoms with van der Waals surface area (Å²) < 4.78 is 13.5. The number of benzene rings is 3. The molecule has 4 nitrogen and oxygen atoms in total. The van der Waals surface area contributed by atoms with Gasteiger partial charge in [-0.05, 0) is 16.7 Å². The number of nitrogens with zero attached hydrogens (tertiary/aromatic N) is 2. The van der Waals surface area contributed by atoms with Crippen LogP contribution in [-0.4, -0.2) is 22.8 Å². The van der Waals surface area contributed by atoms with Gasteiger partial charge in [0.25, 0.3) is 0 Å². The molecule has 29 heavy (non-hydrogen) atoms. The quantitative estimate of drug-likeness (QED) is 0.467. The van der Waals surface area contributed by atoms with Crippen LogP contribution in [0.3, 0.4) is 0 Å². The maximum Gasteiger partial charge on any atom is 0.202 e. The molecule has 3 aromatic carbocycles. The lowest BCUT2D eigenvalue weighted by atomic mass is 9.77. The second kappa shape index (κ2) is 7.66. The Balaban J connectivity index is 1.79. The van der Waals surface area contributed by atoms with Gasteiger partial charge in [0, 0.05) is 6.20 Å². The van der Waals surface area contributed by atoms with Gasteiger partial charge in [-0.15, -0.1) is 0 Å². The topological polar surface area (TPSA) is 36.3 Å². The van der Waals surface area contributed by atoms with Crippen LogP contribution in [0.25, 0.3) is 0 Å². The fourth-order valence-corrected chi connectivity index (χ4v) is 4.16. The predicted molar refractivity (Wildman–Crippen MR) is 111 cm³/mol. The summed E-state index contributed by atoms with van der Waals surface area (Å²) in [5.74, 6) is 0. The number of imidazole rings is 1. The van der Waals surface area contributed by atoms with Crippen molar-refractivity contribution in [1.29, 1.82) is 0 Å². The van der Waals surface area contributed by atoms with Gasteiger partial charge >= 0.3 is 0 Å². The Bertz CT molecular complexity index is 959. The normalized spacial score (nSPS) is 14.9. The van der Waals surface area contributed by atoms with Gasteiger partial charge in [-0.3, -0.25) is 0 Å². The lowest BCUT2D eigenvalue weighted by Crippen LogP contribution is -2.37. The minimum atomic E-state index is -0.562. The van der Waals surface area contributed by atoms with E-state index in [1.807, 2.05) is 30.7 Å². The van der Waals surface area contributed by atoms with Crippen LogP contribution in [-0.2, 0) is 15.0 Å². The van der Waals surface area contributed by atoms with Crippen LogP contribution < -0.4 is 0 Å². The van der Waals surface area contributed by atoms with E-state index in [-0.39, 0.29) is 0 Å². The van der Waals surface area contributed by atoms with E-state index >= 15 is 0 Å². The summed E-state index contributed by atoms with van der Waals surface area (Å²) in [6, 6.07) is 31.6. The van der Waals surface area contributed by atoms with Gasteiger partial charge in [-0.25, -0.2) is 4.98 Å². The van der Waals surface area contributed by atoms with Crippen molar-refractivity contribution in [2.75, 3.05) is 13.2 Å². The van der Waals surface area contributed by atoms with E-state index in [4.69, 9.17) is 9.47 Å². The van der Waals surface area contributed by atoms with Crippen molar-refractivity contribution in [3.8, 4) is 0 Å². The number of ether oxygens (including phenoxy) is 2. The molecule has 0 spiro atoms. The monoisotopic (exact) mass is 382 g/mol. The average molecular weight is 382 g/mol. The fraction of sp³-hybridized carbons (Fsp3) is 0.160. The van der Waals surface area contributed by atoms with Gasteiger partial charge in [0.15, 0.2) is 0 Å². The molecule has 2 heterocycles. The van der Waals surface area contributed by atoms with Crippen molar-refractivity contribution >= 4 is 0 Å². The standard InChI is InChI=1S/C25H22N2O2/c1-4-10-20(11-5-1)25(21-12-6-2-7-13-21,22-14-8-3-9-15-22)27-18-23(26-19-27)24-28-16-17-29-24/h1-15,18-19,24H,16-17H2. The maximum absolute atomic E-state index is 5.68. The molecule has 5 rings (SSSR count). The number of aromatic nitrogens is 2. The highest BCUT2D eigenvalue weighted by Crippen LogP contribution is 2.41. The maximum atomic E-state index is 5.68. The SMILES string of the molecule is c1ccc(C(c2ccccc2)(c2ccccc2)n2cnc(C3OCCO3)c2)cc1. The molecule has 1 aromatic heterocycles. The fourth-order valence-electron chi connectivity index (χ4n) is 4.16. The highest BCUT2D eigenvalue weighted by atomic mass is 16.7. The largest absolute Gasteiger partial charge is 0.345 e. The molecule has 0 radical (unpaired) electrons. The van der Waals surface area contributed by atoms with Crippen molar-refractivity contribution in [3.05, 3.63) is 126 Å². The Hall–Kier alpha value is -3.21. The zero-order chi connectivity index (χ0) is 19.5. The van der Waals surface area contributed by atoms with Crippen LogP contribution in [0.5, 0.6) is 0 Å². The first-order chi connectivity index (χ1) is 14.4. The molecule has 144 valence electrons. The molecule has 0 aliphatic carbocycles. The second-order valence-corrected chi connectivity index (χ2v) is 7.09. The summed E-state index contributed by atoms with van der Waals surface area (Å²) in [5, 5.41) is 0. The first kappa shape index (κ1) is 17.9. The van der Waals surface area contributed by atoms with Gasteiger partial charge in [-0.2, -0.15) is 0 Å². The molecular weight excluding hydrogens is 360 g/mol. The van der Waals surface area contributed by atoms with E-state index in [0.717, 1.165) is 22.4 Å². The molecule has 0 unspecified atom stereocenters. The molecule has 0 atom stereocenters. The third kappa shape index (κ3) is 3.07. The Morgan fingerprint density at radius 2 is 1.14 bits per heavy atom. The van der Waals surface area contributed by atoms with Gasteiger partial charge in [0.1, 0.15) is 11.2 Å². The molecule has 1 aliphatic rings. The van der Waals surface area contributed by atoms with E-state index in [1.54, 1.807) is 0 Å². The zero-order valence-electron chi connectivity index (χ0n) is 16.0. The molecule has 1 saturated heterocycles. The number of rotatable bonds is 5. The van der Waals surface area contributed by atoms with Crippen LogP contribution in [0.1, 0.15) is 28.7 Å². The van der Waals surface area contributed by atoms with Crippen molar-refractivity contribution in [3.63, 3.8) is 0 Å². The van der Waals surface area contributed by atoms with E-state index in [9.17, 15) is 0 Å². The Morgan fingerprint density at radius 3 is 1.59 bits per heavy atom. The first-order valence-corrected chi connectivity index (χ1v) is 9.83. The van der Waals surface area contributed by atoms with Gasteiger partial charge < -0.3 is 14.0 Å². The van der Waals surface area contributed by atoms with E-state index in [0.29, 0.717) is 13.2 Å². The van der Waals surface area contributed by atoms with Crippen LogP contribution >= 0.6 is 0 Å². The molecule has 1 aliphatic heterocycles. The summed E-state index contributed by atoms with van der Waals surface area (Å²) >= 11 is 0. The molecule has 0 amide bonds. The predicted octanol–water partition coefficient (Wildman–Crippen LogP) is 4.77. The van der Waals surface area contributed by atoms with Gasteiger partial charge in [0.2, 0.25) is 6.29 Å². The zero-order valence-corrected chi connectivity index (χ0v) is 16.0. The van der Waals surface area contributed by atoms with Crippen LogP contribution in [0.2, 0.25) is 0 Å². The van der Waals surface area contributed by atoms with E-state index < -0.39 is 11.8 Å². The summed E-state index contributed by atoms with van der Waals surface area (Å²) in [4.78, 5) is 4.65. The van der Waals surface area contributed by atoms with Crippen molar-refractivity contribution in [1.82, 2.24) is 9.55 Å². The smallest absolute Gasteiger partial charge is 0.202 e. The minimum absolute atomic E-state index is 0.406. The van der Waals surface area contributed by atoms with Crippen LogP contribution in [0.15, 0.2) is 104 Å². The highest BCUT2D eigenvalue weighted by molar-refractivity contribution is 5.50. The Kier molecular flexibility index (Phi) is 4.72. The number of hydrogen-bond acceptors (Lipinski definition) is 3. The Labute approximate surface area is 170 Å². The lowest BCUT2D eigenvalue weighted by Gasteiger charge is -2.37. The average Bonchev–Trinajstić information content (AvgIpc) is 3.49. The summed E-state index contributed by atoms with van der Waals surface area (Å²) in [7, 11) is 0. The highest BCUT2D eigenvalue weighted by Gasteiger charge is 2.39. The summed E-state index contributed by atoms with van der Waals surface area (Å²) in [6.07, 6.45) is 3.52. The van der Waals surface area contributed by atoms with Crippen molar-refractivity contribution < 1.29 is 9.47 Å². The van der Waals surface area contributed by atoms with Crippen LogP contribution in [0, 0.1) is 0 Å². The Morgan fingerprint density at radius 1 is 0.690 bits per heavy atom.